The van der Waals surface area contributed by atoms with Gasteiger partial charge in [0.25, 0.3) is 0 Å². The first kappa shape index (κ1) is 12.4. The lowest BCUT2D eigenvalue weighted by atomic mass is 10.2. The fraction of sp³-hybridized carbons (Fsp3) is 0.0769. The van der Waals surface area contributed by atoms with Crippen molar-refractivity contribution >= 4 is 33.2 Å². The number of rotatable bonds is 3. The number of nitrogens with one attached hydrogen (secondary N) is 1. The van der Waals surface area contributed by atoms with E-state index in [9.17, 15) is 4.39 Å². The summed E-state index contributed by atoms with van der Waals surface area (Å²) in [5.41, 5.74) is 1.39. The van der Waals surface area contributed by atoms with Crippen LogP contribution in [0.15, 0.2) is 46.9 Å². The molecule has 0 saturated carbocycles. The predicted octanol–water partition coefficient (Wildman–Crippen LogP) is 4.85. The van der Waals surface area contributed by atoms with Crippen molar-refractivity contribution < 1.29 is 4.39 Å². The van der Waals surface area contributed by atoms with Crippen LogP contribution in [-0.2, 0) is 6.54 Å². The van der Waals surface area contributed by atoms with Gasteiger partial charge < -0.3 is 5.32 Å². The molecule has 0 aromatic heterocycles. The minimum absolute atomic E-state index is 0.338. The van der Waals surface area contributed by atoms with Gasteiger partial charge in [0.05, 0.1) is 10.7 Å². The summed E-state index contributed by atoms with van der Waals surface area (Å²) in [6, 6.07) is 12.4. The summed E-state index contributed by atoms with van der Waals surface area (Å²) >= 11 is 9.36. The molecule has 0 fully saturated rings. The molecule has 0 radical (unpaired) electrons. The van der Waals surface area contributed by atoms with Gasteiger partial charge in [0.2, 0.25) is 0 Å². The second kappa shape index (κ2) is 5.52. The molecule has 17 heavy (non-hydrogen) atoms. The maximum absolute atomic E-state index is 13.5. The summed E-state index contributed by atoms with van der Waals surface area (Å²) in [5, 5.41) is 3.39. The topological polar surface area (TPSA) is 12.0 Å². The van der Waals surface area contributed by atoms with E-state index in [-0.39, 0.29) is 5.82 Å². The molecule has 0 saturated heterocycles. The van der Waals surface area contributed by atoms with Crippen LogP contribution in [0.4, 0.5) is 10.1 Å². The van der Waals surface area contributed by atoms with Gasteiger partial charge in [-0.2, -0.15) is 0 Å². The quantitative estimate of drug-likeness (QED) is 0.853. The third-order valence-electron chi connectivity index (χ3n) is 2.38. The Balaban J connectivity index is 2.16. The molecule has 0 aliphatic rings. The highest BCUT2D eigenvalue weighted by atomic mass is 79.9. The first-order valence-corrected chi connectivity index (χ1v) is 6.27. The summed E-state index contributed by atoms with van der Waals surface area (Å²) < 4.78 is 14.5. The molecule has 0 aliphatic carbocycles. The summed E-state index contributed by atoms with van der Waals surface area (Å²) in [6.07, 6.45) is 0. The van der Waals surface area contributed by atoms with E-state index in [1.165, 1.54) is 6.07 Å². The molecule has 0 amide bonds. The van der Waals surface area contributed by atoms with Crippen LogP contribution in [0.2, 0.25) is 5.02 Å². The van der Waals surface area contributed by atoms with Gasteiger partial charge in [0, 0.05) is 11.0 Å². The van der Waals surface area contributed by atoms with E-state index in [4.69, 9.17) is 11.6 Å². The number of anilines is 1. The van der Waals surface area contributed by atoms with Crippen LogP contribution in [0.3, 0.4) is 0 Å². The molecule has 0 bridgehead atoms. The molecule has 0 spiro atoms. The van der Waals surface area contributed by atoms with Crippen molar-refractivity contribution in [2.75, 3.05) is 5.32 Å². The Labute approximate surface area is 113 Å². The lowest BCUT2D eigenvalue weighted by Gasteiger charge is -2.10. The van der Waals surface area contributed by atoms with E-state index in [1.54, 1.807) is 12.1 Å². The summed E-state index contributed by atoms with van der Waals surface area (Å²) in [6.45, 7) is 0.516. The predicted molar refractivity (Wildman–Crippen MR) is 72.9 cm³/mol. The third-order valence-corrected chi connectivity index (χ3v) is 3.46. The van der Waals surface area contributed by atoms with Gasteiger partial charge in [-0.3, -0.25) is 0 Å². The number of para-hydroxylation sites is 1. The molecule has 1 N–H and O–H groups in total. The number of halogens is 3. The monoisotopic (exact) mass is 313 g/mol. The highest BCUT2D eigenvalue weighted by Crippen LogP contribution is 2.26. The molecule has 2 aromatic rings. The largest absolute Gasteiger partial charge is 0.377 e. The van der Waals surface area contributed by atoms with Crippen molar-refractivity contribution in [2.45, 2.75) is 6.54 Å². The van der Waals surface area contributed by atoms with E-state index in [0.29, 0.717) is 17.3 Å². The summed E-state index contributed by atoms with van der Waals surface area (Å²) in [7, 11) is 0. The molecule has 2 aromatic carbocycles. The zero-order valence-electron chi connectivity index (χ0n) is 8.88. The number of hydrogen-bond acceptors (Lipinski definition) is 1. The molecule has 0 aliphatic heterocycles. The molecule has 2 rings (SSSR count). The maximum Gasteiger partial charge on any atom is 0.147 e. The van der Waals surface area contributed by atoms with Gasteiger partial charge in [0.15, 0.2) is 0 Å². The minimum atomic E-state index is -0.343. The van der Waals surface area contributed by atoms with Crippen LogP contribution in [0.5, 0.6) is 0 Å². The van der Waals surface area contributed by atoms with Gasteiger partial charge >= 0.3 is 0 Å². The lowest BCUT2D eigenvalue weighted by molar-refractivity contribution is 0.630. The smallest absolute Gasteiger partial charge is 0.147 e. The van der Waals surface area contributed by atoms with Gasteiger partial charge in [-0.25, -0.2) is 4.39 Å². The standard InChI is InChI=1S/C13H10BrClFN/c14-10-5-2-1-4-9(10)8-17-13-11(15)6-3-7-12(13)16/h1-7,17H,8H2. The van der Waals surface area contributed by atoms with Crippen molar-refractivity contribution in [3.8, 4) is 0 Å². The fourth-order valence-corrected chi connectivity index (χ4v) is 2.15. The molecule has 0 unspecified atom stereocenters. The van der Waals surface area contributed by atoms with Gasteiger partial charge in [-0.1, -0.05) is 51.8 Å². The van der Waals surface area contributed by atoms with Crippen molar-refractivity contribution in [3.05, 3.63) is 63.3 Å². The van der Waals surface area contributed by atoms with E-state index in [1.807, 2.05) is 24.3 Å². The molecule has 1 nitrogen and oxygen atoms in total. The van der Waals surface area contributed by atoms with Crippen LogP contribution < -0.4 is 5.32 Å². The van der Waals surface area contributed by atoms with Gasteiger partial charge in [-0.15, -0.1) is 0 Å². The van der Waals surface area contributed by atoms with Gasteiger partial charge in [-0.05, 0) is 23.8 Å². The van der Waals surface area contributed by atoms with Crippen molar-refractivity contribution in [1.82, 2.24) is 0 Å². The molecular formula is C13H10BrClFN. The number of benzene rings is 2. The Bertz CT molecular complexity index is 510. The Hall–Kier alpha value is -1.06. The lowest BCUT2D eigenvalue weighted by Crippen LogP contribution is -2.02. The van der Waals surface area contributed by atoms with E-state index in [2.05, 4.69) is 21.2 Å². The number of hydrogen-bond donors (Lipinski definition) is 1. The molecule has 0 atom stereocenters. The van der Waals surface area contributed by atoms with Crippen molar-refractivity contribution in [2.24, 2.45) is 0 Å². The first-order chi connectivity index (χ1) is 8.18. The Morgan fingerprint density at radius 3 is 2.59 bits per heavy atom. The van der Waals surface area contributed by atoms with Crippen LogP contribution in [0, 0.1) is 5.82 Å². The van der Waals surface area contributed by atoms with Crippen LogP contribution >= 0.6 is 27.5 Å². The van der Waals surface area contributed by atoms with Crippen LogP contribution in [0.1, 0.15) is 5.56 Å². The van der Waals surface area contributed by atoms with Crippen LogP contribution in [-0.4, -0.2) is 0 Å². The molecule has 4 heteroatoms. The normalized spacial score (nSPS) is 10.3. The van der Waals surface area contributed by atoms with E-state index < -0.39 is 0 Å². The maximum atomic E-state index is 13.5. The van der Waals surface area contributed by atoms with Crippen molar-refractivity contribution in [3.63, 3.8) is 0 Å². The second-order valence-corrected chi connectivity index (χ2v) is 4.80. The average molecular weight is 315 g/mol. The van der Waals surface area contributed by atoms with Gasteiger partial charge in [0.1, 0.15) is 5.82 Å². The Kier molecular flexibility index (Phi) is 4.02. The third kappa shape index (κ3) is 2.99. The Morgan fingerprint density at radius 2 is 1.88 bits per heavy atom. The SMILES string of the molecule is Fc1cccc(Cl)c1NCc1ccccc1Br. The highest BCUT2D eigenvalue weighted by molar-refractivity contribution is 9.10. The summed E-state index contributed by atoms with van der Waals surface area (Å²) in [4.78, 5) is 0. The zero-order chi connectivity index (χ0) is 12.3. The zero-order valence-corrected chi connectivity index (χ0v) is 11.2. The summed E-state index contributed by atoms with van der Waals surface area (Å²) in [5.74, 6) is -0.343. The molecule has 0 heterocycles. The highest BCUT2D eigenvalue weighted by Gasteiger charge is 2.06. The second-order valence-electron chi connectivity index (χ2n) is 3.54. The molecular weight excluding hydrogens is 305 g/mol. The van der Waals surface area contributed by atoms with E-state index >= 15 is 0 Å². The minimum Gasteiger partial charge on any atom is -0.377 e. The average Bonchev–Trinajstić information content (AvgIpc) is 2.30. The molecule has 88 valence electrons. The fourth-order valence-electron chi connectivity index (χ4n) is 1.49. The van der Waals surface area contributed by atoms with E-state index in [0.717, 1.165) is 10.0 Å². The Morgan fingerprint density at radius 1 is 1.12 bits per heavy atom. The van der Waals surface area contributed by atoms with Crippen LogP contribution in [0.25, 0.3) is 0 Å². The first-order valence-electron chi connectivity index (χ1n) is 5.10. The van der Waals surface area contributed by atoms with Crippen molar-refractivity contribution in [1.29, 1.82) is 0 Å².